The first-order chi connectivity index (χ1) is 12.4. The monoisotopic (exact) mass is 363 g/mol. The molecule has 0 radical (unpaired) electrons. The van der Waals surface area contributed by atoms with Gasteiger partial charge in [-0.15, -0.1) is 0 Å². The van der Waals surface area contributed by atoms with E-state index in [1.165, 1.54) is 13.5 Å². The predicted molar refractivity (Wildman–Crippen MR) is 98.3 cm³/mol. The van der Waals surface area contributed by atoms with Crippen molar-refractivity contribution in [3.63, 3.8) is 0 Å². The van der Waals surface area contributed by atoms with Crippen LogP contribution in [-0.4, -0.2) is 38.7 Å². The van der Waals surface area contributed by atoms with Crippen molar-refractivity contribution in [1.29, 1.82) is 0 Å². The summed E-state index contributed by atoms with van der Waals surface area (Å²) in [7, 11) is 3.09. The molecule has 1 aromatic carbocycles. The zero-order valence-corrected chi connectivity index (χ0v) is 16.0. The number of methoxy groups -OCH3 is 2. The van der Waals surface area contributed by atoms with Gasteiger partial charge in [0.1, 0.15) is 0 Å². The van der Waals surface area contributed by atoms with Gasteiger partial charge in [0, 0.05) is 6.04 Å². The number of carbonyl (C=O) groups excluding carboxylic acids is 2. The van der Waals surface area contributed by atoms with Gasteiger partial charge in [0.05, 0.1) is 20.6 Å². The van der Waals surface area contributed by atoms with E-state index >= 15 is 0 Å². The highest BCUT2D eigenvalue weighted by atomic mass is 16.5. The second-order valence-electron chi connectivity index (χ2n) is 6.97. The summed E-state index contributed by atoms with van der Waals surface area (Å²) in [6, 6.07) is 5.40. The molecule has 0 spiro atoms. The number of rotatable bonds is 7. The van der Waals surface area contributed by atoms with Gasteiger partial charge >= 0.3 is 5.97 Å². The summed E-state index contributed by atoms with van der Waals surface area (Å²) in [5, 5.41) is 3.00. The van der Waals surface area contributed by atoms with Crippen molar-refractivity contribution in [3.05, 3.63) is 23.8 Å². The molecule has 0 aromatic heterocycles. The molecule has 0 bridgehead atoms. The fourth-order valence-electron chi connectivity index (χ4n) is 3.39. The minimum Gasteiger partial charge on any atom is -0.493 e. The lowest BCUT2D eigenvalue weighted by Crippen LogP contribution is -2.45. The molecule has 1 amide bonds. The van der Waals surface area contributed by atoms with Gasteiger partial charge in [0.25, 0.3) is 5.91 Å². The number of nitrogens with one attached hydrogen (secondary N) is 1. The topological polar surface area (TPSA) is 73.9 Å². The minimum absolute atomic E-state index is 0.0739. The van der Waals surface area contributed by atoms with Crippen LogP contribution in [0.3, 0.4) is 0 Å². The Morgan fingerprint density at radius 3 is 2.54 bits per heavy atom. The molecule has 0 unspecified atom stereocenters. The van der Waals surface area contributed by atoms with Crippen LogP contribution in [0.15, 0.2) is 18.2 Å². The van der Waals surface area contributed by atoms with Crippen LogP contribution in [-0.2, 0) is 20.7 Å². The molecule has 1 aromatic rings. The van der Waals surface area contributed by atoms with E-state index in [2.05, 4.69) is 19.2 Å². The SMILES string of the molecule is COc1ccc(CC(=O)OCC(=O)N[C@@H]2CCC[C@H](C)[C@H]2C)cc1OC. The summed E-state index contributed by atoms with van der Waals surface area (Å²) in [5.41, 5.74) is 0.739. The predicted octanol–water partition coefficient (Wildman–Crippen LogP) is 2.73. The molecule has 1 saturated carbocycles. The van der Waals surface area contributed by atoms with Crippen molar-refractivity contribution in [2.45, 2.75) is 45.6 Å². The first-order valence-electron chi connectivity index (χ1n) is 9.10. The van der Waals surface area contributed by atoms with E-state index in [1.807, 2.05) is 0 Å². The number of esters is 1. The third kappa shape index (κ3) is 5.38. The summed E-state index contributed by atoms with van der Waals surface area (Å²) in [5.74, 6) is 1.50. The Labute approximate surface area is 155 Å². The molecule has 2 rings (SSSR count). The van der Waals surface area contributed by atoms with Gasteiger partial charge in [-0.25, -0.2) is 0 Å². The van der Waals surface area contributed by atoms with Gasteiger partial charge in [0.15, 0.2) is 18.1 Å². The van der Waals surface area contributed by atoms with Gasteiger partial charge in [-0.3, -0.25) is 9.59 Å². The Bertz CT molecular complexity index is 631. The average Bonchev–Trinajstić information content (AvgIpc) is 2.63. The average molecular weight is 363 g/mol. The first kappa shape index (κ1) is 20.1. The summed E-state index contributed by atoms with van der Waals surface area (Å²) in [4.78, 5) is 24.1. The lowest BCUT2D eigenvalue weighted by molar-refractivity contribution is -0.148. The zero-order valence-electron chi connectivity index (χ0n) is 16.0. The highest BCUT2D eigenvalue weighted by Gasteiger charge is 2.28. The molecule has 0 aliphatic heterocycles. The Balaban J connectivity index is 1.80. The quantitative estimate of drug-likeness (QED) is 0.754. The van der Waals surface area contributed by atoms with Gasteiger partial charge in [-0.2, -0.15) is 0 Å². The molecule has 6 nitrogen and oxygen atoms in total. The van der Waals surface area contributed by atoms with Crippen LogP contribution < -0.4 is 14.8 Å². The smallest absolute Gasteiger partial charge is 0.310 e. The van der Waals surface area contributed by atoms with Crippen molar-refractivity contribution in [1.82, 2.24) is 5.32 Å². The molecule has 1 aliphatic rings. The van der Waals surface area contributed by atoms with E-state index in [4.69, 9.17) is 14.2 Å². The molecule has 1 N–H and O–H groups in total. The van der Waals surface area contributed by atoms with Crippen LogP contribution in [0.25, 0.3) is 0 Å². The second-order valence-corrected chi connectivity index (χ2v) is 6.97. The molecule has 1 aliphatic carbocycles. The summed E-state index contributed by atoms with van der Waals surface area (Å²) >= 11 is 0. The molecular formula is C20H29NO5. The van der Waals surface area contributed by atoms with Gasteiger partial charge < -0.3 is 19.5 Å². The minimum atomic E-state index is -0.447. The van der Waals surface area contributed by atoms with E-state index in [0.29, 0.717) is 23.3 Å². The number of benzene rings is 1. The number of hydrogen-bond donors (Lipinski definition) is 1. The van der Waals surface area contributed by atoms with Crippen molar-refractivity contribution in [2.24, 2.45) is 11.8 Å². The number of amides is 1. The Kier molecular flexibility index (Phi) is 7.30. The number of carbonyl (C=O) groups is 2. The van der Waals surface area contributed by atoms with E-state index < -0.39 is 5.97 Å². The Morgan fingerprint density at radius 1 is 1.12 bits per heavy atom. The third-order valence-corrected chi connectivity index (χ3v) is 5.21. The van der Waals surface area contributed by atoms with Crippen molar-refractivity contribution in [3.8, 4) is 11.5 Å². The second kappa shape index (κ2) is 9.46. The normalized spacial score (nSPS) is 22.4. The maximum absolute atomic E-state index is 12.1. The molecule has 0 heterocycles. The summed E-state index contributed by atoms with van der Waals surface area (Å²) in [6.45, 7) is 4.13. The summed E-state index contributed by atoms with van der Waals surface area (Å²) < 4.78 is 15.5. The number of ether oxygens (including phenoxy) is 3. The van der Waals surface area contributed by atoms with Crippen molar-refractivity contribution in [2.75, 3.05) is 20.8 Å². The lowest BCUT2D eigenvalue weighted by Gasteiger charge is -2.34. The van der Waals surface area contributed by atoms with Gasteiger partial charge in [-0.05, 0) is 36.0 Å². The fourth-order valence-corrected chi connectivity index (χ4v) is 3.39. The van der Waals surface area contributed by atoms with Crippen LogP contribution in [0.1, 0.15) is 38.7 Å². The van der Waals surface area contributed by atoms with Gasteiger partial charge in [-0.1, -0.05) is 32.8 Å². The molecule has 0 saturated heterocycles. The molecular weight excluding hydrogens is 334 g/mol. The highest BCUT2D eigenvalue weighted by Crippen LogP contribution is 2.29. The van der Waals surface area contributed by atoms with Crippen molar-refractivity contribution < 1.29 is 23.8 Å². The highest BCUT2D eigenvalue weighted by molar-refractivity contribution is 5.81. The van der Waals surface area contributed by atoms with E-state index in [9.17, 15) is 9.59 Å². The van der Waals surface area contributed by atoms with Crippen LogP contribution >= 0.6 is 0 Å². The standard InChI is InChI=1S/C20H29NO5/c1-13-6-5-7-16(14(13)2)21-19(22)12-26-20(23)11-15-8-9-17(24-3)18(10-15)25-4/h8-10,13-14,16H,5-7,11-12H2,1-4H3,(H,21,22)/t13-,14+,16+/m0/s1. The third-order valence-electron chi connectivity index (χ3n) is 5.21. The Morgan fingerprint density at radius 2 is 1.85 bits per heavy atom. The van der Waals surface area contributed by atoms with Crippen molar-refractivity contribution >= 4 is 11.9 Å². The Hall–Kier alpha value is -2.24. The molecule has 3 atom stereocenters. The maximum atomic E-state index is 12.1. The zero-order chi connectivity index (χ0) is 19.1. The van der Waals surface area contributed by atoms with Gasteiger partial charge in [0.2, 0.25) is 0 Å². The van der Waals surface area contributed by atoms with Crippen LogP contribution in [0, 0.1) is 11.8 Å². The lowest BCUT2D eigenvalue weighted by atomic mass is 9.78. The fraction of sp³-hybridized carbons (Fsp3) is 0.600. The largest absolute Gasteiger partial charge is 0.493 e. The molecule has 1 fully saturated rings. The van der Waals surface area contributed by atoms with Crippen LogP contribution in [0.4, 0.5) is 0 Å². The molecule has 26 heavy (non-hydrogen) atoms. The van der Waals surface area contributed by atoms with E-state index in [0.717, 1.165) is 18.4 Å². The molecule has 144 valence electrons. The van der Waals surface area contributed by atoms with Crippen LogP contribution in [0.5, 0.6) is 11.5 Å². The molecule has 6 heteroatoms. The first-order valence-corrected chi connectivity index (χ1v) is 9.10. The maximum Gasteiger partial charge on any atom is 0.310 e. The van der Waals surface area contributed by atoms with E-state index in [1.54, 1.807) is 25.3 Å². The number of hydrogen-bond acceptors (Lipinski definition) is 5. The van der Waals surface area contributed by atoms with E-state index in [-0.39, 0.29) is 25.0 Å². The van der Waals surface area contributed by atoms with Crippen LogP contribution in [0.2, 0.25) is 0 Å². The summed E-state index contributed by atoms with van der Waals surface area (Å²) in [6.07, 6.45) is 3.38.